The lowest BCUT2D eigenvalue weighted by Crippen LogP contribution is -2.16. The minimum absolute atomic E-state index is 0.349. The van der Waals surface area contributed by atoms with Gasteiger partial charge < -0.3 is 9.84 Å². The summed E-state index contributed by atoms with van der Waals surface area (Å²) in [6.45, 7) is 18.0. The van der Waals surface area contributed by atoms with Gasteiger partial charge in [-0.15, -0.1) is 0 Å². The van der Waals surface area contributed by atoms with E-state index in [1.165, 1.54) is 24.0 Å². The van der Waals surface area contributed by atoms with Crippen molar-refractivity contribution in [2.75, 3.05) is 27.0 Å². The SMILES string of the molecule is C=C(OCC)[C@@H]1c2cc(Br)ccc2CC1CC(C)CC(C)C.CC.CNSC.CO. The van der Waals surface area contributed by atoms with Crippen molar-refractivity contribution >= 4 is 27.9 Å². The molecular weight excluding hydrogens is 458 g/mol. The minimum Gasteiger partial charge on any atom is -0.498 e. The Balaban J connectivity index is 0. The Morgan fingerprint density at radius 2 is 1.87 bits per heavy atom. The van der Waals surface area contributed by atoms with E-state index in [2.05, 4.69) is 66.2 Å². The van der Waals surface area contributed by atoms with Crippen LogP contribution in [0.25, 0.3) is 0 Å². The molecule has 1 aliphatic carbocycles. The molecule has 0 saturated carbocycles. The van der Waals surface area contributed by atoms with Crippen molar-refractivity contribution in [3.8, 4) is 0 Å². The van der Waals surface area contributed by atoms with Gasteiger partial charge >= 0.3 is 0 Å². The van der Waals surface area contributed by atoms with Crippen molar-refractivity contribution in [3.63, 3.8) is 0 Å². The Hall–Kier alpha value is -0.490. The van der Waals surface area contributed by atoms with Crippen molar-refractivity contribution in [2.24, 2.45) is 17.8 Å². The fraction of sp³-hybridized carbons (Fsp3) is 0.680. The van der Waals surface area contributed by atoms with E-state index in [1.807, 2.05) is 34.1 Å². The van der Waals surface area contributed by atoms with Gasteiger partial charge in [0, 0.05) is 17.5 Å². The number of ether oxygens (including phenoxy) is 1. The molecular formula is C25H46BrNO2S. The molecule has 0 aliphatic heterocycles. The molecule has 1 aromatic carbocycles. The maximum atomic E-state index is 7.00. The molecule has 176 valence electrons. The summed E-state index contributed by atoms with van der Waals surface area (Å²) < 4.78 is 9.80. The van der Waals surface area contributed by atoms with Gasteiger partial charge in [-0.05, 0) is 80.5 Å². The molecule has 2 N–H and O–H groups in total. The number of halogens is 1. The van der Waals surface area contributed by atoms with E-state index >= 15 is 0 Å². The maximum absolute atomic E-state index is 7.00. The molecule has 0 heterocycles. The Morgan fingerprint density at radius 1 is 1.30 bits per heavy atom. The lowest BCUT2D eigenvalue weighted by Gasteiger charge is -2.26. The summed E-state index contributed by atoms with van der Waals surface area (Å²) in [5.74, 6) is 3.43. The van der Waals surface area contributed by atoms with E-state index in [0.717, 1.165) is 35.6 Å². The fourth-order valence-electron chi connectivity index (χ4n) is 4.04. The lowest BCUT2D eigenvalue weighted by atomic mass is 9.82. The summed E-state index contributed by atoms with van der Waals surface area (Å²) in [7, 11) is 2.89. The molecule has 1 aliphatic rings. The summed E-state index contributed by atoms with van der Waals surface area (Å²) >= 11 is 5.22. The molecule has 0 aromatic heterocycles. The second-order valence-electron chi connectivity index (χ2n) is 7.56. The van der Waals surface area contributed by atoms with Gasteiger partial charge in [0.2, 0.25) is 0 Å². The van der Waals surface area contributed by atoms with Crippen molar-refractivity contribution in [1.82, 2.24) is 4.72 Å². The summed E-state index contributed by atoms with van der Waals surface area (Å²) in [6.07, 6.45) is 5.69. The monoisotopic (exact) mass is 503 g/mol. The highest BCUT2D eigenvalue weighted by Crippen LogP contribution is 2.46. The van der Waals surface area contributed by atoms with E-state index in [9.17, 15) is 0 Å². The first-order chi connectivity index (χ1) is 14.3. The minimum atomic E-state index is 0.349. The molecule has 30 heavy (non-hydrogen) atoms. The first kappa shape index (κ1) is 31.7. The number of rotatable bonds is 8. The molecule has 3 atom stereocenters. The molecule has 5 heteroatoms. The molecule has 0 bridgehead atoms. The van der Waals surface area contributed by atoms with Crippen LogP contribution < -0.4 is 4.72 Å². The van der Waals surface area contributed by atoms with Crippen LogP contribution in [0.15, 0.2) is 35.0 Å². The molecule has 0 amide bonds. The highest BCUT2D eigenvalue weighted by atomic mass is 79.9. The van der Waals surface area contributed by atoms with Crippen molar-refractivity contribution in [1.29, 1.82) is 0 Å². The number of nitrogens with one attached hydrogen (secondary N) is 1. The Bertz CT molecular complexity index is 564. The van der Waals surface area contributed by atoms with Gasteiger partial charge in [-0.1, -0.05) is 75.1 Å². The van der Waals surface area contributed by atoms with Gasteiger partial charge in [0.05, 0.1) is 12.4 Å². The smallest absolute Gasteiger partial charge is 0.0965 e. The number of hydrogen-bond acceptors (Lipinski definition) is 4. The summed E-state index contributed by atoms with van der Waals surface area (Å²) in [5.41, 5.74) is 2.88. The van der Waals surface area contributed by atoms with Gasteiger partial charge in [0.25, 0.3) is 0 Å². The van der Waals surface area contributed by atoms with Gasteiger partial charge in [0.1, 0.15) is 0 Å². The third-order valence-electron chi connectivity index (χ3n) is 4.86. The van der Waals surface area contributed by atoms with Crippen LogP contribution in [0, 0.1) is 17.8 Å². The molecule has 0 saturated heterocycles. The molecule has 2 unspecified atom stereocenters. The molecule has 0 fully saturated rings. The average molecular weight is 505 g/mol. The zero-order valence-electron chi connectivity index (χ0n) is 20.7. The van der Waals surface area contributed by atoms with Crippen LogP contribution in [0.2, 0.25) is 0 Å². The quantitative estimate of drug-likeness (QED) is 0.285. The first-order valence-electron chi connectivity index (χ1n) is 11.1. The average Bonchev–Trinajstić information content (AvgIpc) is 3.07. The number of fused-ring (bicyclic) bond motifs is 1. The van der Waals surface area contributed by atoms with Gasteiger partial charge in [-0.25, -0.2) is 0 Å². The maximum Gasteiger partial charge on any atom is 0.0965 e. The van der Waals surface area contributed by atoms with E-state index in [0.29, 0.717) is 18.4 Å². The van der Waals surface area contributed by atoms with Crippen LogP contribution in [0.5, 0.6) is 0 Å². The number of benzene rings is 1. The molecule has 2 rings (SSSR count). The fourth-order valence-corrected chi connectivity index (χ4v) is 4.42. The largest absolute Gasteiger partial charge is 0.498 e. The van der Waals surface area contributed by atoms with Crippen LogP contribution in [0.3, 0.4) is 0 Å². The van der Waals surface area contributed by atoms with Crippen molar-refractivity contribution < 1.29 is 9.84 Å². The van der Waals surface area contributed by atoms with Gasteiger partial charge in [-0.3, -0.25) is 4.72 Å². The van der Waals surface area contributed by atoms with Gasteiger partial charge in [-0.2, -0.15) is 0 Å². The summed E-state index contributed by atoms with van der Waals surface area (Å²) in [4.78, 5) is 0. The van der Waals surface area contributed by atoms with E-state index < -0.39 is 0 Å². The molecule has 1 aromatic rings. The lowest BCUT2D eigenvalue weighted by molar-refractivity contribution is 0.188. The Morgan fingerprint density at radius 3 is 2.33 bits per heavy atom. The summed E-state index contributed by atoms with van der Waals surface area (Å²) in [5, 5.41) is 7.00. The highest BCUT2D eigenvalue weighted by molar-refractivity contribution is 9.10. The van der Waals surface area contributed by atoms with Crippen molar-refractivity contribution in [3.05, 3.63) is 46.1 Å². The molecule has 3 nitrogen and oxygen atoms in total. The second kappa shape index (κ2) is 19.2. The standard InChI is InChI=1S/C20H29BrO.C2H7NS.C2H6.CH4O/c1-6-22-15(5)20-17(10-14(4)9-13(2)3)11-16-7-8-18(21)12-19(16)20;1-3-4-2;2*1-2/h7-8,12-14,17,20H,5-6,9-11H2,1-4H3;3H,1-2H3;1-2H3;2H,1H3/t14?,17?,20-;;;/m0.../s1. The summed E-state index contributed by atoms with van der Waals surface area (Å²) in [6, 6.07) is 6.68. The van der Waals surface area contributed by atoms with Crippen LogP contribution in [-0.4, -0.2) is 32.1 Å². The number of aliphatic hydroxyl groups excluding tert-OH is 1. The zero-order chi connectivity index (χ0) is 23.7. The third-order valence-corrected chi connectivity index (χ3v) is 5.76. The van der Waals surface area contributed by atoms with E-state index in [4.69, 9.17) is 9.84 Å². The number of aliphatic hydroxyl groups is 1. The van der Waals surface area contributed by atoms with Crippen LogP contribution >= 0.6 is 27.9 Å². The number of hydrogen-bond donors (Lipinski definition) is 2. The predicted octanol–water partition coefficient (Wildman–Crippen LogP) is 7.45. The Labute approximate surface area is 199 Å². The second-order valence-corrected chi connectivity index (χ2v) is 9.30. The predicted molar refractivity (Wildman–Crippen MR) is 140 cm³/mol. The molecule has 0 spiro atoms. The zero-order valence-corrected chi connectivity index (χ0v) is 23.1. The van der Waals surface area contributed by atoms with E-state index in [-0.39, 0.29) is 0 Å². The highest BCUT2D eigenvalue weighted by Gasteiger charge is 2.36. The van der Waals surface area contributed by atoms with Gasteiger partial charge in [0.15, 0.2) is 0 Å². The van der Waals surface area contributed by atoms with Crippen LogP contribution in [0.4, 0.5) is 0 Å². The molecule has 0 radical (unpaired) electrons. The van der Waals surface area contributed by atoms with Crippen LogP contribution in [-0.2, 0) is 11.2 Å². The Kier molecular flexibility index (Phi) is 20.3. The normalized spacial score (nSPS) is 17.3. The van der Waals surface area contributed by atoms with E-state index in [1.54, 1.807) is 11.9 Å². The third kappa shape index (κ3) is 11.8. The van der Waals surface area contributed by atoms with Crippen molar-refractivity contribution in [2.45, 2.75) is 66.7 Å². The first-order valence-corrected chi connectivity index (χ1v) is 13.1. The topological polar surface area (TPSA) is 41.5 Å². The number of allylic oxidation sites excluding steroid dienone is 1. The van der Waals surface area contributed by atoms with Crippen LogP contribution in [0.1, 0.15) is 71.4 Å².